The molecule has 0 unspecified atom stereocenters. The Morgan fingerprint density at radius 3 is 2.63 bits per heavy atom. The Hall–Kier alpha value is -2.30. The second kappa shape index (κ2) is 4.76. The fraction of sp³-hybridized carbons (Fsp3) is 0.286. The van der Waals surface area contributed by atoms with Crippen LogP contribution in [0.5, 0.6) is 5.75 Å². The molecule has 5 heteroatoms. The molecule has 1 aromatic carbocycles. The number of nitrogens with zero attached hydrogens (tertiary/aromatic N) is 1. The Labute approximate surface area is 111 Å². The maximum Gasteiger partial charge on any atom is 0.273 e. The van der Waals surface area contributed by atoms with E-state index in [1.807, 2.05) is 6.07 Å². The van der Waals surface area contributed by atoms with Gasteiger partial charge in [0.2, 0.25) is 0 Å². The number of phenols is 1. The molecule has 2 aromatic rings. The number of amides is 1. The summed E-state index contributed by atoms with van der Waals surface area (Å²) in [4.78, 5) is 11.9. The fourth-order valence-electron chi connectivity index (χ4n) is 1.67. The predicted molar refractivity (Wildman–Crippen MR) is 73.3 cm³/mol. The fourth-order valence-corrected chi connectivity index (χ4v) is 1.67. The molecule has 0 aliphatic carbocycles. The van der Waals surface area contributed by atoms with Crippen molar-refractivity contribution in [1.82, 2.24) is 10.2 Å². The lowest BCUT2D eigenvalue weighted by Crippen LogP contribution is -2.15. The van der Waals surface area contributed by atoms with Crippen molar-refractivity contribution in [3.05, 3.63) is 41.7 Å². The van der Waals surface area contributed by atoms with Crippen LogP contribution in [0.4, 0.5) is 5.69 Å². The van der Waals surface area contributed by atoms with Crippen molar-refractivity contribution >= 4 is 11.6 Å². The first kappa shape index (κ1) is 13.1. The molecule has 0 bridgehead atoms. The second-order valence-electron chi connectivity index (χ2n) is 5.41. The van der Waals surface area contributed by atoms with Crippen molar-refractivity contribution in [3.8, 4) is 5.75 Å². The summed E-state index contributed by atoms with van der Waals surface area (Å²) < 4.78 is 0. The lowest BCUT2D eigenvalue weighted by atomic mass is 9.87. The van der Waals surface area contributed by atoms with Crippen LogP contribution in [0.1, 0.15) is 36.8 Å². The van der Waals surface area contributed by atoms with Crippen LogP contribution in [-0.4, -0.2) is 21.2 Å². The Kier molecular flexibility index (Phi) is 3.29. The highest BCUT2D eigenvalue weighted by atomic mass is 16.3. The molecule has 5 nitrogen and oxygen atoms in total. The van der Waals surface area contributed by atoms with E-state index in [2.05, 4.69) is 36.3 Å². The highest BCUT2D eigenvalue weighted by Gasteiger charge is 2.17. The summed E-state index contributed by atoms with van der Waals surface area (Å²) in [5.74, 6) is -0.292. The monoisotopic (exact) mass is 259 g/mol. The van der Waals surface area contributed by atoms with Gasteiger partial charge in [-0.15, -0.1) is 0 Å². The van der Waals surface area contributed by atoms with E-state index in [0.29, 0.717) is 11.4 Å². The molecule has 1 heterocycles. The highest BCUT2D eigenvalue weighted by molar-refractivity contribution is 6.03. The zero-order valence-electron chi connectivity index (χ0n) is 11.2. The van der Waals surface area contributed by atoms with E-state index in [9.17, 15) is 9.90 Å². The number of hydrogen-bond acceptors (Lipinski definition) is 3. The molecule has 0 spiro atoms. The second-order valence-corrected chi connectivity index (χ2v) is 5.41. The van der Waals surface area contributed by atoms with Crippen LogP contribution >= 0.6 is 0 Å². The summed E-state index contributed by atoms with van der Waals surface area (Å²) in [5.41, 5.74) is 1.72. The molecule has 0 aliphatic heterocycles. The Morgan fingerprint density at radius 1 is 1.32 bits per heavy atom. The largest absolute Gasteiger partial charge is 0.506 e. The normalized spacial score (nSPS) is 11.3. The number of nitrogens with one attached hydrogen (secondary N) is 2. The van der Waals surface area contributed by atoms with E-state index in [1.165, 1.54) is 6.20 Å². The van der Waals surface area contributed by atoms with Crippen molar-refractivity contribution in [2.75, 3.05) is 5.32 Å². The minimum Gasteiger partial charge on any atom is -0.506 e. The van der Waals surface area contributed by atoms with Gasteiger partial charge in [-0.05, 0) is 29.2 Å². The molecule has 0 atom stereocenters. The number of anilines is 1. The first-order valence-electron chi connectivity index (χ1n) is 6.02. The predicted octanol–water partition coefficient (Wildman–Crippen LogP) is 2.67. The number of phenolic OH excluding ortho intramolecular Hbond substituents is 1. The SMILES string of the molecule is CC(C)(C)c1ccc(O)c(NC(=O)c2ccn[nH]2)c1. The maximum atomic E-state index is 11.9. The molecule has 0 saturated heterocycles. The zero-order chi connectivity index (χ0) is 14.0. The van der Waals surface area contributed by atoms with E-state index in [0.717, 1.165) is 5.56 Å². The average Bonchev–Trinajstić information content (AvgIpc) is 2.84. The van der Waals surface area contributed by atoms with E-state index in [1.54, 1.807) is 18.2 Å². The van der Waals surface area contributed by atoms with Crippen LogP contribution in [0.25, 0.3) is 0 Å². The topological polar surface area (TPSA) is 78.0 Å². The summed E-state index contributed by atoms with van der Waals surface area (Å²) in [5, 5.41) is 18.8. The Morgan fingerprint density at radius 2 is 2.05 bits per heavy atom. The Bertz CT molecular complexity index is 583. The summed E-state index contributed by atoms with van der Waals surface area (Å²) in [6.07, 6.45) is 1.50. The maximum absolute atomic E-state index is 11.9. The quantitative estimate of drug-likeness (QED) is 0.725. The molecule has 0 saturated carbocycles. The van der Waals surface area contributed by atoms with Gasteiger partial charge in [0.25, 0.3) is 5.91 Å². The smallest absolute Gasteiger partial charge is 0.273 e. The van der Waals surface area contributed by atoms with E-state index in [-0.39, 0.29) is 17.1 Å². The summed E-state index contributed by atoms with van der Waals surface area (Å²) >= 11 is 0. The first-order valence-corrected chi connectivity index (χ1v) is 6.02. The average molecular weight is 259 g/mol. The Balaban J connectivity index is 2.27. The number of H-pyrrole nitrogens is 1. The molecule has 0 aliphatic rings. The van der Waals surface area contributed by atoms with Gasteiger partial charge in [-0.2, -0.15) is 5.10 Å². The van der Waals surface area contributed by atoms with Crippen molar-refractivity contribution in [2.45, 2.75) is 26.2 Å². The van der Waals surface area contributed by atoms with Gasteiger partial charge in [0.05, 0.1) is 5.69 Å². The van der Waals surface area contributed by atoms with Gasteiger partial charge < -0.3 is 10.4 Å². The van der Waals surface area contributed by atoms with Gasteiger partial charge in [0.15, 0.2) is 0 Å². The molecular formula is C14H17N3O2. The lowest BCUT2D eigenvalue weighted by Gasteiger charge is -2.20. The number of aromatic nitrogens is 2. The van der Waals surface area contributed by atoms with E-state index >= 15 is 0 Å². The molecule has 2 rings (SSSR count). The third-order valence-corrected chi connectivity index (χ3v) is 2.86. The van der Waals surface area contributed by atoms with E-state index < -0.39 is 0 Å². The van der Waals surface area contributed by atoms with Gasteiger partial charge in [-0.25, -0.2) is 0 Å². The molecule has 100 valence electrons. The minimum atomic E-state index is -0.334. The van der Waals surface area contributed by atoms with Crippen LogP contribution in [0, 0.1) is 0 Å². The molecular weight excluding hydrogens is 242 g/mol. The molecule has 19 heavy (non-hydrogen) atoms. The van der Waals surface area contributed by atoms with Crippen LogP contribution < -0.4 is 5.32 Å². The van der Waals surface area contributed by atoms with Crippen molar-refractivity contribution in [1.29, 1.82) is 0 Å². The molecule has 1 aromatic heterocycles. The van der Waals surface area contributed by atoms with Crippen molar-refractivity contribution < 1.29 is 9.90 Å². The lowest BCUT2D eigenvalue weighted by molar-refractivity contribution is 0.102. The number of carbonyl (C=O) groups is 1. The van der Waals surface area contributed by atoms with Crippen molar-refractivity contribution in [2.24, 2.45) is 0 Å². The van der Waals surface area contributed by atoms with Gasteiger partial charge in [0.1, 0.15) is 11.4 Å². The van der Waals surface area contributed by atoms with Crippen molar-refractivity contribution in [3.63, 3.8) is 0 Å². The zero-order valence-corrected chi connectivity index (χ0v) is 11.2. The van der Waals surface area contributed by atoms with E-state index in [4.69, 9.17) is 0 Å². The van der Waals surface area contributed by atoms with Gasteiger partial charge in [0, 0.05) is 6.20 Å². The number of aromatic amines is 1. The molecule has 0 fully saturated rings. The summed E-state index contributed by atoms with van der Waals surface area (Å²) in [6.45, 7) is 6.21. The third-order valence-electron chi connectivity index (χ3n) is 2.86. The molecule has 0 radical (unpaired) electrons. The molecule has 1 amide bonds. The number of benzene rings is 1. The van der Waals surface area contributed by atoms with Gasteiger partial charge >= 0.3 is 0 Å². The molecule has 3 N–H and O–H groups in total. The summed E-state index contributed by atoms with van der Waals surface area (Å²) in [7, 11) is 0. The number of hydrogen-bond donors (Lipinski definition) is 3. The third kappa shape index (κ3) is 2.93. The number of rotatable bonds is 2. The minimum absolute atomic E-state index is 0.0425. The van der Waals surface area contributed by atoms with Crippen LogP contribution in [0.3, 0.4) is 0 Å². The first-order chi connectivity index (χ1) is 8.88. The van der Waals surface area contributed by atoms with Crippen LogP contribution in [0.2, 0.25) is 0 Å². The number of carbonyl (C=O) groups excluding carboxylic acids is 1. The van der Waals surface area contributed by atoms with Crippen LogP contribution in [0.15, 0.2) is 30.5 Å². The van der Waals surface area contributed by atoms with Gasteiger partial charge in [-0.1, -0.05) is 26.8 Å². The highest BCUT2D eigenvalue weighted by Crippen LogP contribution is 2.30. The number of aromatic hydroxyl groups is 1. The van der Waals surface area contributed by atoms with Crippen LogP contribution in [-0.2, 0) is 5.41 Å². The standard InChI is InChI=1S/C14H17N3O2/c1-14(2,3)9-4-5-12(18)11(8-9)16-13(19)10-6-7-15-17-10/h4-8,18H,1-3H3,(H,15,17)(H,16,19). The van der Waals surface area contributed by atoms with Gasteiger partial charge in [-0.3, -0.25) is 9.89 Å². The summed E-state index contributed by atoms with van der Waals surface area (Å²) in [6, 6.07) is 6.79.